The molecule has 0 aromatic heterocycles. The molecule has 1 aromatic carbocycles. The average molecular weight is 180 g/mol. The molecule has 0 saturated heterocycles. The molecule has 0 heterocycles. The molecule has 69 valence electrons. The third kappa shape index (κ3) is 2.54. The Morgan fingerprint density at radius 3 is 2.85 bits per heavy atom. The van der Waals surface area contributed by atoms with Gasteiger partial charge in [-0.25, -0.2) is 4.39 Å². The molecular weight excluding hydrogens is 169 g/mol. The van der Waals surface area contributed by atoms with Crippen LogP contribution in [0, 0.1) is 17.8 Å². The van der Waals surface area contributed by atoms with Crippen LogP contribution in [-0.2, 0) is 4.79 Å². The van der Waals surface area contributed by atoms with Crippen LogP contribution in [0.1, 0.15) is 13.8 Å². The third-order valence-electron chi connectivity index (χ3n) is 1.59. The summed E-state index contributed by atoms with van der Waals surface area (Å²) in [5, 5.41) is 2.46. The Kier molecular flexibility index (Phi) is 3.01. The number of carbonyl (C=O) groups excluding carboxylic acids is 1. The van der Waals surface area contributed by atoms with Crippen molar-refractivity contribution >= 4 is 11.6 Å². The summed E-state index contributed by atoms with van der Waals surface area (Å²) in [7, 11) is 0. The maximum absolute atomic E-state index is 13.0. The summed E-state index contributed by atoms with van der Waals surface area (Å²) >= 11 is 0. The van der Waals surface area contributed by atoms with E-state index < -0.39 is 5.82 Å². The normalized spacial score (nSPS) is 10.2. The molecule has 0 atom stereocenters. The fourth-order valence-electron chi connectivity index (χ4n) is 0.784. The van der Waals surface area contributed by atoms with Crippen molar-refractivity contribution in [2.45, 2.75) is 13.8 Å². The summed E-state index contributed by atoms with van der Waals surface area (Å²) in [6.45, 7) is 3.50. The first-order valence-electron chi connectivity index (χ1n) is 4.07. The molecule has 0 saturated carbocycles. The van der Waals surface area contributed by atoms with E-state index in [1.54, 1.807) is 13.8 Å². The van der Waals surface area contributed by atoms with E-state index in [1.807, 2.05) is 0 Å². The van der Waals surface area contributed by atoms with E-state index in [2.05, 4.69) is 11.4 Å². The van der Waals surface area contributed by atoms with Gasteiger partial charge in [0.25, 0.3) is 0 Å². The maximum Gasteiger partial charge on any atom is 0.227 e. The molecule has 0 fully saturated rings. The van der Waals surface area contributed by atoms with Gasteiger partial charge in [-0.2, -0.15) is 0 Å². The number of nitrogens with one attached hydrogen (secondary N) is 1. The summed E-state index contributed by atoms with van der Waals surface area (Å²) in [5.74, 6) is -0.786. The van der Waals surface area contributed by atoms with Gasteiger partial charge in [-0.15, -0.1) is 0 Å². The fraction of sp³-hybridized carbons (Fsp3) is 0.300. The zero-order chi connectivity index (χ0) is 9.84. The Balaban J connectivity index is 2.75. The zero-order valence-electron chi connectivity index (χ0n) is 7.60. The van der Waals surface area contributed by atoms with E-state index in [1.165, 1.54) is 18.2 Å². The molecule has 1 aromatic rings. The number of halogens is 1. The fourth-order valence-corrected chi connectivity index (χ4v) is 0.784. The summed E-state index contributed by atoms with van der Waals surface area (Å²) < 4.78 is 13.0. The summed E-state index contributed by atoms with van der Waals surface area (Å²) in [4.78, 5) is 11.2. The van der Waals surface area contributed by atoms with Crippen molar-refractivity contribution in [3.05, 3.63) is 30.1 Å². The molecule has 0 bridgehead atoms. The van der Waals surface area contributed by atoms with Crippen LogP contribution in [0.2, 0.25) is 0 Å². The van der Waals surface area contributed by atoms with Crippen LogP contribution < -0.4 is 5.32 Å². The Morgan fingerprint density at radius 1 is 1.62 bits per heavy atom. The molecule has 3 heteroatoms. The minimum Gasteiger partial charge on any atom is -0.323 e. The molecule has 2 nitrogen and oxygen atoms in total. The lowest BCUT2D eigenvalue weighted by atomic mass is 10.2. The van der Waals surface area contributed by atoms with Crippen molar-refractivity contribution in [1.29, 1.82) is 0 Å². The van der Waals surface area contributed by atoms with Gasteiger partial charge in [0.2, 0.25) is 5.91 Å². The smallest absolute Gasteiger partial charge is 0.227 e. The van der Waals surface area contributed by atoms with Gasteiger partial charge >= 0.3 is 0 Å². The van der Waals surface area contributed by atoms with Crippen LogP contribution in [0.5, 0.6) is 0 Å². The highest BCUT2D eigenvalue weighted by Gasteiger charge is 2.08. The topological polar surface area (TPSA) is 29.1 Å². The van der Waals surface area contributed by atoms with E-state index >= 15 is 0 Å². The van der Waals surface area contributed by atoms with Crippen molar-refractivity contribution in [2.24, 2.45) is 5.92 Å². The SMILES string of the molecule is CC(C)C(=O)Nc1c[c]ccc1F. The van der Waals surface area contributed by atoms with Gasteiger partial charge in [0.05, 0.1) is 5.69 Å². The largest absolute Gasteiger partial charge is 0.323 e. The second-order valence-corrected chi connectivity index (χ2v) is 3.05. The molecule has 0 aliphatic rings. The molecule has 0 aliphatic heterocycles. The van der Waals surface area contributed by atoms with E-state index in [0.717, 1.165) is 0 Å². The second-order valence-electron chi connectivity index (χ2n) is 3.05. The second kappa shape index (κ2) is 4.03. The first-order valence-corrected chi connectivity index (χ1v) is 4.07. The number of benzene rings is 1. The van der Waals surface area contributed by atoms with E-state index in [4.69, 9.17) is 0 Å². The van der Waals surface area contributed by atoms with Crippen molar-refractivity contribution in [2.75, 3.05) is 5.32 Å². The highest BCUT2D eigenvalue weighted by Crippen LogP contribution is 2.12. The van der Waals surface area contributed by atoms with Crippen molar-refractivity contribution in [1.82, 2.24) is 0 Å². The monoisotopic (exact) mass is 180 g/mol. The highest BCUT2D eigenvalue weighted by molar-refractivity contribution is 5.92. The Labute approximate surface area is 76.8 Å². The Bertz CT molecular complexity index is 310. The number of amides is 1. The molecule has 0 spiro atoms. The lowest BCUT2D eigenvalue weighted by Gasteiger charge is -2.07. The maximum atomic E-state index is 13.0. The minimum absolute atomic E-state index is 0.153. The summed E-state index contributed by atoms with van der Waals surface area (Å²) in [6.07, 6.45) is 0. The standard InChI is InChI=1S/C10H11FNO/c1-7(2)10(13)12-9-6-4-3-5-8(9)11/h3,5-7H,1-2H3,(H,12,13). The molecule has 13 heavy (non-hydrogen) atoms. The lowest BCUT2D eigenvalue weighted by molar-refractivity contribution is -0.118. The molecule has 1 N–H and O–H groups in total. The minimum atomic E-state index is -0.437. The van der Waals surface area contributed by atoms with Crippen LogP contribution in [-0.4, -0.2) is 5.91 Å². The van der Waals surface area contributed by atoms with Crippen LogP contribution in [0.4, 0.5) is 10.1 Å². The van der Waals surface area contributed by atoms with Crippen molar-refractivity contribution in [3.63, 3.8) is 0 Å². The van der Waals surface area contributed by atoms with Gasteiger partial charge in [0.1, 0.15) is 5.82 Å². The van der Waals surface area contributed by atoms with Gasteiger partial charge < -0.3 is 5.32 Å². The molecule has 1 rings (SSSR count). The molecule has 1 amide bonds. The van der Waals surface area contributed by atoms with Crippen molar-refractivity contribution < 1.29 is 9.18 Å². The van der Waals surface area contributed by atoms with Crippen LogP contribution >= 0.6 is 0 Å². The van der Waals surface area contributed by atoms with Gasteiger partial charge in [0, 0.05) is 5.92 Å². The molecule has 0 unspecified atom stereocenters. The van der Waals surface area contributed by atoms with E-state index in [0.29, 0.717) is 0 Å². The van der Waals surface area contributed by atoms with E-state index in [9.17, 15) is 9.18 Å². The Hall–Kier alpha value is -1.38. The lowest BCUT2D eigenvalue weighted by Crippen LogP contribution is -2.18. The van der Waals surface area contributed by atoms with Crippen LogP contribution in [0.15, 0.2) is 18.2 Å². The number of carbonyl (C=O) groups is 1. The molecular formula is C10H11FNO. The Morgan fingerprint density at radius 2 is 2.31 bits per heavy atom. The third-order valence-corrected chi connectivity index (χ3v) is 1.59. The summed E-state index contributed by atoms with van der Waals surface area (Å²) in [6, 6.07) is 6.82. The van der Waals surface area contributed by atoms with Crippen LogP contribution in [0.25, 0.3) is 0 Å². The number of rotatable bonds is 2. The number of hydrogen-bond donors (Lipinski definition) is 1. The first kappa shape index (κ1) is 9.71. The molecule has 1 radical (unpaired) electrons. The predicted molar refractivity (Wildman–Crippen MR) is 48.7 cm³/mol. The average Bonchev–Trinajstić information content (AvgIpc) is 2.08. The predicted octanol–water partition coefficient (Wildman–Crippen LogP) is 2.22. The van der Waals surface area contributed by atoms with Gasteiger partial charge in [0.15, 0.2) is 0 Å². The quantitative estimate of drug-likeness (QED) is 0.742. The summed E-state index contributed by atoms with van der Waals surface area (Å²) in [5.41, 5.74) is 0.182. The van der Waals surface area contributed by atoms with Gasteiger partial charge in [-0.1, -0.05) is 19.9 Å². The van der Waals surface area contributed by atoms with Crippen LogP contribution in [0.3, 0.4) is 0 Å². The van der Waals surface area contributed by atoms with Gasteiger partial charge in [-0.05, 0) is 18.2 Å². The zero-order valence-corrected chi connectivity index (χ0v) is 7.60. The number of anilines is 1. The highest BCUT2D eigenvalue weighted by atomic mass is 19.1. The first-order chi connectivity index (χ1) is 6.11. The number of hydrogen-bond acceptors (Lipinski definition) is 1. The van der Waals surface area contributed by atoms with Gasteiger partial charge in [-0.3, -0.25) is 4.79 Å². The van der Waals surface area contributed by atoms with E-state index in [-0.39, 0.29) is 17.5 Å². The molecule has 0 aliphatic carbocycles. The van der Waals surface area contributed by atoms with Crippen molar-refractivity contribution in [3.8, 4) is 0 Å².